The Morgan fingerprint density at radius 1 is 1.17 bits per heavy atom. The molecule has 2 aliphatic heterocycles. The van der Waals surface area contributed by atoms with Gasteiger partial charge in [-0.1, -0.05) is 12.1 Å². The highest BCUT2D eigenvalue weighted by molar-refractivity contribution is 5.96. The molecule has 1 atom stereocenters. The third-order valence-electron chi connectivity index (χ3n) is 6.85. The molecule has 36 heavy (non-hydrogen) atoms. The summed E-state index contributed by atoms with van der Waals surface area (Å²) in [7, 11) is 0. The lowest BCUT2D eigenvalue weighted by molar-refractivity contribution is -0.384. The van der Waals surface area contributed by atoms with Crippen LogP contribution in [-0.2, 0) is 11.3 Å². The molecule has 2 fully saturated rings. The molecule has 0 bridgehead atoms. The molecule has 1 aromatic heterocycles. The van der Waals surface area contributed by atoms with E-state index in [0.29, 0.717) is 35.6 Å². The quantitative estimate of drug-likeness (QED) is 0.395. The molecule has 5 rings (SSSR count). The number of fused-ring (bicyclic) bond motifs is 1. The fourth-order valence-electron chi connectivity index (χ4n) is 5.03. The minimum atomic E-state index is -0.423. The van der Waals surface area contributed by atoms with Crippen molar-refractivity contribution in [3.05, 3.63) is 74.3 Å². The Labute approximate surface area is 208 Å². The van der Waals surface area contributed by atoms with Crippen molar-refractivity contribution in [1.29, 1.82) is 0 Å². The zero-order valence-corrected chi connectivity index (χ0v) is 20.0. The number of hydrogen-bond donors (Lipinski definition) is 1. The maximum absolute atomic E-state index is 13.7. The highest BCUT2D eigenvalue weighted by Gasteiger charge is 2.28. The van der Waals surface area contributed by atoms with Crippen molar-refractivity contribution in [3.8, 4) is 0 Å². The first-order valence-corrected chi connectivity index (χ1v) is 12.4. The molecule has 3 heterocycles. The fraction of sp³-hybridized carbons (Fsp3) is 0.423. The maximum Gasteiger partial charge on any atom is 0.293 e. The minimum Gasteiger partial charge on any atom is -0.376 e. The molecule has 3 aromatic rings. The fourth-order valence-corrected chi connectivity index (χ4v) is 5.03. The number of nitro groups is 1. The van der Waals surface area contributed by atoms with Gasteiger partial charge in [-0.25, -0.2) is 4.98 Å². The predicted molar refractivity (Wildman–Crippen MR) is 135 cm³/mol. The molecule has 0 aliphatic carbocycles. The molecule has 0 saturated carbocycles. The summed E-state index contributed by atoms with van der Waals surface area (Å²) in [6.07, 6.45) is 4.69. The molecule has 0 radical (unpaired) electrons. The van der Waals surface area contributed by atoms with E-state index >= 15 is 0 Å². The van der Waals surface area contributed by atoms with Crippen molar-refractivity contribution in [3.63, 3.8) is 0 Å². The molecule has 0 spiro atoms. The number of amides is 1. The van der Waals surface area contributed by atoms with Gasteiger partial charge in [-0.15, -0.1) is 0 Å². The number of rotatable bonds is 7. The summed E-state index contributed by atoms with van der Waals surface area (Å²) in [5.74, 6) is -0.0147. The van der Waals surface area contributed by atoms with E-state index in [1.165, 1.54) is 6.07 Å². The summed E-state index contributed by atoms with van der Waals surface area (Å²) >= 11 is 0. The third kappa shape index (κ3) is 5.08. The van der Waals surface area contributed by atoms with E-state index in [9.17, 15) is 19.7 Å². The zero-order chi connectivity index (χ0) is 25.1. The van der Waals surface area contributed by atoms with Crippen molar-refractivity contribution < 1.29 is 14.5 Å². The topological polar surface area (TPSA) is 122 Å². The second kappa shape index (κ2) is 10.4. The molecule has 2 aliphatic rings. The van der Waals surface area contributed by atoms with Gasteiger partial charge in [-0.05, 0) is 56.4 Å². The van der Waals surface area contributed by atoms with Crippen molar-refractivity contribution in [2.24, 2.45) is 0 Å². The van der Waals surface area contributed by atoms with Crippen LogP contribution in [-0.4, -0.2) is 58.0 Å². The maximum atomic E-state index is 13.7. The largest absolute Gasteiger partial charge is 0.376 e. The minimum absolute atomic E-state index is 0.0560. The number of H-pyrrole nitrogens is 1. The zero-order valence-electron chi connectivity index (χ0n) is 20.0. The van der Waals surface area contributed by atoms with Gasteiger partial charge < -0.3 is 19.5 Å². The van der Waals surface area contributed by atoms with E-state index in [1.54, 1.807) is 41.3 Å². The molecule has 1 N–H and O–H groups in total. The molecular weight excluding hydrogens is 462 g/mol. The van der Waals surface area contributed by atoms with Crippen LogP contribution in [0, 0.1) is 10.1 Å². The van der Waals surface area contributed by atoms with Crippen molar-refractivity contribution in [2.45, 2.75) is 44.8 Å². The summed E-state index contributed by atoms with van der Waals surface area (Å²) in [5, 5.41) is 12.4. The van der Waals surface area contributed by atoms with E-state index in [0.717, 1.165) is 45.2 Å². The number of aromatic amines is 1. The number of benzene rings is 2. The molecule has 10 nitrogen and oxygen atoms in total. The standard InChI is InChI=1S/C26H29N5O5/c32-25-20-8-2-3-9-21(20)27-24(28-25)17-30(16-19-7-6-14-36-19)26(33)18-10-11-22(23(15-18)31(34)35)29-12-4-1-5-13-29/h2-3,8-11,15,19H,1,4-7,12-14,16-17H2,(H,27,28,32)/t19-/m1/s1. The Morgan fingerprint density at radius 3 is 2.72 bits per heavy atom. The van der Waals surface area contributed by atoms with Crippen LogP contribution in [0.15, 0.2) is 47.3 Å². The van der Waals surface area contributed by atoms with Crippen LogP contribution in [0.25, 0.3) is 10.9 Å². The van der Waals surface area contributed by atoms with Crippen LogP contribution in [0.3, 0.4) is 0 Å². The van der Waals surface area contributed by atoms with Crippen molar-refractivity contribution >= 4 is 28.2 Å². The van der Waals surface area contributed by atoms with Gasteiger partial charge in [-0.2, -0.15) is 0 Å². The van der Waals surface area contributed by atoms with E-state index in [2.05, 4.69) is 9.97 Å². The summed E-state index contributed by atoms with van der Waals surface area (Å²) in [6, 6.07) is 11.7. The summed E-state index contributed by atoms with van der Waals surface area (Å²) in [4.78, 5) is 48.6. The van der Waals surface area contributed by atoms with E-state index in [-0.39, 0.29) is 35.4 Å². The number of para-hydroxylation sites is 1. The first-order valence-electron chi connectivity index (χ1n) is 12.4. The average molecular weight is 492 g/mol. The molecular formula is C26H29N5O5. The number of nitro benzene ring substituents is 1. The lowest BCUT2D eigenvalue weighted by Gasteiger charge is -2.29. The first-order chi connectivity index (χ1) is 17.5. The summed E-state index contributed by atoms with van der Waals surface area (Å²) in [5.41, 5.74) is 0.965. The van der Waals surface area contributed by atoms with Gasteiger partial charge in [0.25, 0.3) is 17.2 Å². The van der Waals surface area contributed by atoms with Gasteiger partial charge >= 0.3 is 0 Å². The number of nitrogens with zero attached hydrogens (tertiary/aromatic N) is 4. The Balaban J connectivity index is 1.46. The van der Waals surface area contributed by atoms with Crippen LogP contribution < -0.4 is 10.5 Å². The Morgan fingerprint density at radius 2 is 1.97 bits per heavy atom. The third-order valence-corrected chi connectivity index (χ3v) is 6.85. The predicted octanol–water partition coefficient (Wildman–Crippen LogP) is 3.64. The van der Waals surface area contributed by atoms with E-state index in [1.807, 2.05) is 4.90 Å². The van der Waals surface area contributed by atoms with Crippen LogP contribution in [0.2, 0.25) is 0 Å². The number of ether oxygens (including phenoxy) is 1. The normalized spacial score (nSPS) is 17.9. The highest BCUT2D eigenvalue weighted by Crippen LogP contribution is 2.32. The van der Waals surface area contributed by atoms with Crippen molar-refractivity contribution in [2.75, 3.05) is 31.1 Å². The SMILES string of the molecule is O=C(c1ccc(N2CCCCC2)c([N+](=O)[O-])c1)N(Cc1nc2ccccc2c(=O)[nH]1)C[C@H]1CCCO1. The monoisotopic (exact) mass is 491 g/mol. The van der Waals surface area contributed by atoms with Crippen LogP contribution >= 0.6 is 0 Å². The second-order valence-corrected chi connectivity index (χ2v) is 9.36. The van der Waals surface area contributed by atoms with Gasteiger partial charge in [0.05, 0.1) is 28.5 Å². The number of aromatic nitrogens is 2. The Hall–Kier alpha value is -3.79. The van der Waals surface area contributed by atoms with Crippen molar-refractivity contribution in [1.82, 2.24) is 14.9 Å². The van der Waals surface area contributed by atoms with Gasteiger partial charge in [-0.3, -0.25) is 19.7 Å². The van der Waals surface area contributed by atoms with Gasteiger partial charge in [0.15, 0.2) is 0 Å². The molecule has 2 aromatic carbocycles. The number of hydrogen-bond acceptors (Lipinski definition) is 7. The van der Waals surface area contributed by atoms with Gasteiger partial charge in [0.2, 0.25) is 0 Å². The summed E-state index contributed by atoms with van der Waals surface area (Å²) < 4.78 is 5.76. The van der Waals surface area contributed by atoms with E-state index < -0.39 is 4.92 Å². The summed E-state index contributed by atoms with van der Waals surface area (Å²) in [6.45, 7) is 2.52. The highest BCUT2D eigenvalue weighted by atomic mass is 16.6. The van der Waals surface area contributed by atoms with Gasteiger partial charge in [0.1, 0.15) is 11.5 Å². The molecule has 0 unspecified atom stereocenters. The number of carbonyl (C=O) groups excluding carboxylic acids is 1. The molecule has 188 valence electrons. The number of anilines is 1. The van der Waals surface area contributed by atoms with Gasteiger partial charge in [0, 0.05) is 37.9 Å². The number of piperidine rings is 1. The number of carbonyl (C=O) groups is 1. The average Bonchev–Trinajstić information content (AvgIpc) is 3.41. The Bertz CT molecular complexity index is 1330. The number of nitrogens with one attached hydrogen (secondary N) is 1. The molecule has 2 saturated heterocycles. The lowest BCUT2D eigenvalue weighted by atomic mass is 10.1. The first kappa shape index (κ1) is 23.9. The van der Waals surface area contributed by atoms with Crippen LogP contribution in [0.4, 0.5) is 11.4 Å². The molecule has 10 heteroatoms. The second-order valence-electron chi connectivity index (χ2n) is 9.36. The van der Waals surface area contributed by atoms with Crippen LogP contribution in [0.5, 0.6) is 0 Å². The van der Waals surface area contributed by atoms with Crippen LogP contribution in [0.1, 0.15) is 48.3 Å². The lowest BCUT2D eigenvalue weighted by Crippen LogP contribution is -2.38. The molecule has 1 amide bonds. The smallest absolute Gasteiger partial charge is 0.293 e. The van der Waals surface area contributed by atoms with E-state index in [4.69, 9.17) is 4.74 Å². The Kier molecular flexibility index (Phi) is 6.95.